The molecule has 0 saturated carbocycles. The van der Waals surface area contributed by atoms with Crippen molar-refractivity contribution < 1.29 is 4.79 Å². The van der Waals surface area contributed by atoms with Gasteiger partial charge in [-0.25, -0.2) is 4.68 Å². The molecular weight excluding hydrogens is 248 g/mol. The Hall–Kier alpha value is -2.68. The van der Waals surface area contributed by atoms with Crippen LogP contribution in [0.3, 0.4) is 0 Å². The van der Waals surface area contributed by atoms with Crippen LogP contribution in [0.4, 0.5) is 0 Å². The monoisotopic (exact) mass is 260 g/mol. The van der Waals surface area contributed by atoms with E-state index in [1.807, 2.05) is 54.7 Å². The van der Waals surface area contributed by atoms with E-state index in [4.69, 9.17) is 0 Å². The minimum Gasteiger partial charge on any atom is -0.289 e. The summed E-state index contributed by atoms with van der Waals surface area (Å²) in [5, 5.41) is 4.21. The van der Waals surface area contributed by atoms with E-state index in [-0.39, 0.29) is 5.78 Å². The van der Waals surface area contributed by atoms with Gasteiger partial charge >= 0.3 is 0 Å². The van der Waals surface area contributed by atoms with Gasteiger partial charge in [-0.2, -0.15) is 5.10 Å². The van der Waals surface area contributed by atoms with E-state index in [1.54, 1.807) is 10.9 Å². The molecule has 0 N–H and O–H groups in total. The number of benzene rings is 2. The summed E-state index contributed by atoms with van der Waals surface area (Å²) in [7, 11) is 0. The van der Waals surface area contributed by atoms with E-state index in [2.05, 4.69) is 5.10 Å². The van der Waals surface area contributed by atoms with Gasteiger partial charge in [0.05, 0.1) is 5.69 Å². The Balaban J connectivity index is 1.86. The van der Waals surface area contributed by atoms with Crippen molar-refractivity contribution in [3.8, 4) is 5.69 Å². The Morgan fingerprint density at radius 3 is 2.65 bits per heavy atom. The van der Waals surface area contributed by atoms with E-state index in [0.29, 0.717) is 0 Å². The van der Waals surface area contributed by atoms with Gasteiger partial charge in [0.2, 0.25) is 0 Å². The molecule has 20 heavy (non-hydrogen) atoms. The Morgan fingerprint density at radius 2 is 1.80 bits per heavy atom. The molecule has 0 unspecified atom stereocenters. The van der Waals surface area contributed by atoms with E-state index in [9.17, 15) is 4.79 Å². The van der Waals surface area contributed by atoms with Crippen LogP contribution in [0.15, 0.2) is 60.9 Å². The third-order valence-electron chi connectivity index (χ3n) is 3.75. The summed E-state index contributed by atoms with van der Waals surface area (Å²) < 4.78 is 1.77. The smallest absolute Gasteiger partial charge is 0.193 e. The molecule has 0 saturated heterocycles. The summed E-state index contributed by atoms with van der Waals surface area (Å²) >= 11 is 0. The number of ketones is 1. The summed E-state index contributed by atoms with van der Waals surface area (Å²) in [5.41, 5.74) is 4.72. The number of fused-ring (bicyclic) bond motifs is 2. The molecule has 0 radical (unpaired) electrons. The molecule has 0 spiro atoms. The maximum atomic E-state index is 12.6. The van der Waals surface area contributed by atoms with Crippen LogP contribution in [0.25, 0.3) is 5.69 Å². The zero-order chi connectivity index (χ0) is 13.5. The predicted octanol–water partition coefficient (Wildman–Crippen LogP) is 3.01. The highest BCUT2D eigenvalue weighted by molar-refractivity contribution is 6.12. The molecule has 2 aromatic carbocycles. The number of carbonyl (C=O) groups excluding carboxylic acids is 1. The first-order valence-electron chi connectivity index (χ1n) is 6.58. The topological polar surface area (TPSA) is 34.9 Å². The molecule has 1 aliphatic rings. The van der Waals surface area contributed by atoms with Gasteiger partial charge in [-0.3, -0.25) is 4.79 Å². The van der Waals surface area contributed by atoms with Crippen molar-refractivity contribution in [2.75, 3.05) is 0 Å². The lowest BCUT2D eigenvalue weighted by Crippen LogP contribution is -2.15. The fourth-order valence-corrected chi connectivity index (χ4v) is 2.74. The predicted molar refractivity (Wildman–Crippen MR) is 76.2 cm³/mol. The molecule has 0 fully saturated rings. The molecule has 0 amide bonds. The van der Waals surface area contributed by atoms with Crippen LogP contribution in [0.2, 0.25) is 0 Å². The van der Waals surface area contributed by atoms with Crippen LogP contribution >= 0.6 is 0 Å². The van der Waals surface area contributed by atoms with Gasteiger partial charge in [0.1, 0.15) is 0 Å². The second-order valence-electron chi connectivity index (χ2n) is 4.96. The molecule has 96 valence electrons. The van der Waals surface area contributed by atoms with Gasteiger partial charge in [0.15, 0.2) is 5.78 Å². The maximum absolute atomic E-state index is 12.6. The van der Waals surface area contributed by atoms with Gasteiger partial charge in [-0.15, -0.1) is 0 Å². The maximum Gasteiger partial charge on any atom is 0.193 e. The molecule has 0 aliphatic heterocycles. The van der Waals surface area contributed by atoms with E-state index >= 15 is 0 Å². The summed E-state index contributed by atoms with van der Waals surface area (Å²) in [6.07, 6.45) is 4.43. The molecular formula is C17H12N2O. The van der Waals surface area contributed by atoms with E-state index in [1.165, 1.54) is 0 Å². The number of hydrogen-bond acceptors (Lipinski definition) is 2. The van der Waals surface area contributed by atoms with Crippen LogP contribution in [0.1, 0.15) is 27.0 Å². The Kier molecular flexibility index (Phi) is 2.33. The van der Waals surface area contributed by atoms with Crippen LogP contribution in [-0.4, -0.2) is 15.6 Å². The molecule has 1 aliphatic carbocycles. The van der Waals surface area contributed by atoms with Gasteiger partial charge in [0, 0.05) is 23.5 Å². The number of aromatic nitrogens is 2. The lowest BCUT2D eigenvalue weighted by Gasteiger charge is -2.19. The van der Waals surface area contributed by atoms with E-state index in [0.717, 1.165) is 34.4 Å². The molecule has 4 rings (SSSR count). The highest BCUT2D eigenvalue weighted by Gasteiger charge is 2.23. The summed E-state index contributed by atoms with van der Waals surface area (Å²) in [6.45, 7) is 0. The van der Waals surface area contributed by atoms with Crippen molar-refractivity contribution in [3.05, 3.63) is 83.2 Å². The number of carbonyl (C=O) groups is 1. The molecule has 1 heterocycles. The number of hydrogen-bond donors (Lipinski definition) is 0. The fraction of sp³-hybridized carbons (Fsp3) is 0.0588. The average Bonchev–Trinajstić information content (AvgIpc) is 3.02. The zero-order valence-corrected chi connectivity index (χ0v) is 10.8. The van der Waals surface area contributed by atoms with Crippen LogP contribution < -0.4 is 0 Å². The second-order valence-corrected chi connectivity index (χ2v) is 4.96. The van der Waals surface area contributed by atoms with Crippen molar-refractivity contribution in [2.24, 2.45) is 0 Å². The SMILES string of the molecule is O=C1c2ccccc2Cc2ccc(-n3cccn3)cc21. The van der Waals surface area contributed by atoms with Gasteiger partial charge < -0.3 is 0 Å². The highest BCUT2D eigenvalue weighted by Crippen LogP contribution is 2.28. The molecule has 0 bridgehead atoms. The third-order valence-corrected chi connectivity index (χ3v) is 3.75. The Morgan fingerprint density at radius 1 is 0.950 bits per heavy atom. The molecule has 0 atom stereocenters. The third kappa shape index (κ3) is 1.60. The number of rotatable bonds is 1. The number of nitrogens with zero attached hydrogens (tertiary/aromatic N) is 2. The summed E-state index contributed by atoms with van der Waals surface area (Å²) in [5.74, 6) is 0.107. The zero-order valence-electron chi connectivity index (χ0n) is 10.8. The average molecular weight is 260 g/mol. The summed E-state index contributed by atoms with van der Waals surface area (Å²) in [6, 6.07) is 15.7. The van der Waals surface area contributed by atoms with Gasteiger partial charge in [-0.1, -0.05) is 30.3 Å². The highest BCUT2D eigenvalue weighted by atomic mass is 16.1. The van der Waals surface area contributed by atoms with E-state index < -0.39 is 0 Å². The normalized spacial score (nSPS) is 12.9. The van der Waals surface area contributed by atoms with Gasteiger partial charge in [-0.05, 0) is 35.7 Å². The van der Waals surface area contributed by atoms with Crippen molar-refractivity contribution in [2.45, 2.75) is 6.42 Å². The quantitative estimate of drug-likeness (QED) is 0.527. The largest absolute Gasteiger partial charge is 0.289 e. The molecule has 3 nitrogen and oxygen atoms in total. The molecule has 1 aromatic heterocycles. The Bertz CT molecular complexity index is 804. The van der Waals surface area contributed by atoms with Crippen LogP contribution in [0.5, 0.6) is 0 Å². The lowest BCUT2D eigenvalue weighted by molar-refractivity contribution is 0.103. The molecule has 3 aromatic rings. The standard InChI is InChI=1S/C17H12N2O/c20-17-15-5-2-1-4-12(15)10-13-6-7-14(11-16(13)17)19-9-3-8-18-19/h1-9,11H,10H2. The minimum atomic E-state index is 0.107. The van der Waals surface area contributed by atoms with Crippen molar-refractivity contribution >= 4 is 5.78 Å². The van der Waals surface area contributed by atoms with Crippen molar-refractivity contribution in [1.29, 1.82) is 0 Å². The first-order valence-corrected chi connectivity index (χ1v) is 6.58. The summed E-state index contributed by atoms with van der Waals surface area (Å²) in [4.78, 5) is 12.6. The van der Waals surface area contributed by atoms with Crippen LogP contribution in [-0.2, 0) is 6.42 Å². The first-order chi connectivity index (χ1) is 9.83. The van der Waals surface area contributed by atoms with Crippen molar-refractivity contribution in [3.63, 3.8) is 0 Å². The van der Waals surface area contributed by atoms with Gasteiger partial charge in [0.25, 0.3) is 0 Å². The van der Waals surface area contributed by atoms with Crippen LogP contribution in [0, 0.1) is 0 Å². The lowest BCUT2D eigenvalue weighted by atomic mass is 9.85. The first kappa shape index (κ1) is 11.2. The fourth-order valence-electron chi connectivity index (χ4n) is 2.74. The molecule has 3 heteroatoms. The second kappa shape index (κ2) is 4.17. The van der Waals surface area contributed by atoms with Crippen molar-refractivity contribution in [1.82, 2.24) is 9.78 Å². The Labute approximate surface area is 116 Å². The minimum absolute atomic E-state index is 0.107.